The van der Waals surface area contributed by atoms with Gasteiger partial charge in [0.2, 0.25) is 0 Å². The normalized spacial score (nSPS) is 11.7. The van der Waals surface area contributed by atoms with Gasteiger partial charge in [-0.2, -0.15) is 13.2 Å². The molecule has 0 fully saturated rings. The van der Waals surface area contributed by atoms with Crippen molar-refractivity contribution < 1.29 is 17.9 Å². The first-order chi connectivity index (χ1) is 9.87. The van der Waals surface area contributed by atoms with Crippen molar-refractivity contribution in [3.63, 3.8) is 0 Å². The molecule has 0 amide bonds. The lowest BCUT2D eigenvalue weighted by atomic mass is 10.2. The van der Waals surface area contributed by atoms with Crippen LogP contribution in [0.25, 0.3) is 0 Å². The van der Waals surface area contributed by atoms with Crippen molar-refractivity contribution in [2.75, 3.05) is 25.1 Å². The highest BCUT2D eigenvalue weighted by atomic mass is 127. The summed E-state index contributed by atoms with van der Waals surface area (Å²) in [4.78, 5) is 8.77. The molecule has 0 aromatic carbocycles. The number of aromatic nitrogens is 2. The maximum absolute atomic E-state index is 12.0. The van der Waals surface area contributed by atoms with E-state index in [-0.39, 0.29) is 13.0 Å². The minimum atomic E-state index is -4.30. The molecule has 0 saturated heterocycles. The summed E-state index contributed by atoms with van der Waals surface area (Å²) in [6.07, 6.45) is -2.27. The largest absolute Gasteiger partial charge is 0.411 e. The van der Waals surface area contributed by atoms with E-state index < -0.39 is 12.8 Å². The van der Waals surface area contributed by atoms with Crippen molar-refractivity contribution in [2.24, 2.45) is 0 Å². The zero-order valence-electron chi connectivity index (χ0n) is 12.1. The van der Waals surface area contributed by atoms with Gasteiger partial charge < -0.3 is 10.1 Å². The van der Waals surface area contributed by atoms with Crippen LogP contribution in [-0.4, -0.2) is 35.9 Å². The Kier molecular flexibility index (Phi) is 7.64. The van der Waals surface area contributed by atoms with E-state index in [1.165, 1.54) is 0 Å². The van der Waals surface area contributed by atoms with Gasteiger partial charge in [-0.25, -0.2) is 9.97 Å². The van der Waals surface area contributed by atoms with Crippen LogP contribution < -0.4 is 5.32 Å². The average Bonchev–Trinajstić information content (AvgIpc) is 2.39. The third-order valence-electron chi connectivity index (χ3n) is 2.53. The average molecular weight is 417 g/mol. The molecule has 0 bridgehead atoms. The number of ether oxygens (including phenoxy) is 1. The summed E-state index contributed by atoms with van der Waals surface area (Å²) in [7, 11) is 0. The molecule has 0 radical (unpaired) electrons. The maximum atomic E-state index is 12.0. The topological polar surface area (TPSA) is 47.0 Å². The molecule has 0 aliphatic heterocycles. The van der Waals surface area contributed by atoms with E-state index in [2.05, 4.69) is 49.5 Å². The molecule has 1 N–H and O–H groups in total. The van der Waals surface area contributed by atoms with E-state index in [0.717, 1.165) is 34.5 Å². The predicted octanol–water partition coefficient (Wildman–Crippen LogP) is 3.59. The van der Waals surface area contributed by atoms with Gasteiger partial charge in [0.15, 0.2) is 0 Å². The molecule has 1 aromatic heterocycles. The van der Waals surface area contributed by atoms with Crippen LogP contribution in [0.15, 0.2) is 0 Å². The molecular formula is C13H19F3IN3O. The van der Waals surface area contributed by atoms with Gasteiger partial charge in [0.1, 0.15) is 18.2 Å². The van der Waals surface area contributed by atoms with Crippen LogP contribution in [0.2, 0.25) is 0 Å². The number of hydrogen-bond acceptors (Lipinski definition) is 4. The van der Waals surface area contributed by atoms with E-state index in [0.29, 0.717) is 5.82 Å². The lowest BCUT2D eigenvalue weighted by molar-refractivity contribution is -0.173. The molecule has 0 saturated carbocycles. The molecule has 21 heavy (non-hydrogen) atoms. The second-order valence-corrected chi connectivity index (χ2v) is 5.53. The first-order valence-corrected chi connectivity index (χ1v) is 7.88. The maximum Gasteiger partial charge on any atom is 0.411 e. The van der Waals surface area contributed by atoms with E-state index in [1.54, 1.807) is 0 Å². The highest BCUT2D eigenvalue weighted by molar-refractivity contribution is 14.1. The number of aryl methyl sites for hydroxylation is 1. The third-order valence-corrected chi connectivity index (χ3v) is 3.67. The quantitative estimate of drug-likeness (QED) is 0.519. The van der Waals surface area contributed by atoms with Crippen molar-refractivity contribution >= 4 is 28.4 Å². The summed E-state index contributed by atoms with van der Waals surface area (Å²) in [5, 5.41) is 3.15. The second kappa shape index (κ2) is 8.72. The van der Waals surface area contributed by atoms with Crippen molar-refractivity contribution in [2.45, 2.75) is 39.3 Å². The standard InChI is InChI=1S/C13H19F3IN3O/c1-3-5-9-11(17)12(18-4-2)20-10(19-9)6-7-21-8-13(14,15)16/h3-8H2,1-2H3,(H,18,19,20). The van der Waals surface area contributed by atoms with Gasteiger partial charge in [-0.1, -0.05) is 13.3 Å². The zero-order valence-corrected chi connectivity index (χ0v) is 14.2. The minimum Gasteiger partial charge on any atom is -0.372 e. The summed E-state index contributed by atoms with van der Waals surface area (Å²) in [6, 6.07) is 0. The van der Waals surface area contributed by atoms with Gasteiger partial charge in [-0.15, -0.1) is 0 Å². The number of anilines is 1. The Morgan fingerprint density at radius 1 is 1.19 bits per heavy atom. The highest BCUT2D eigenvalue weighted by Gasteiger charge is 2.27. The number of alkyl halides is 3. The lowest BCUT2D eigenvalue weighted by Crippen LogP contribution is -2.18. The van der Waals surface area contributed by atoms with Crippen LogP contribution in [0.5, 0.6) is 0 Å². The van der Waals surface area contributed by atoms with E-state index in [9.17, 15) is 13.2 Å². The van der Waals surface area contributed by atoms with Crippen LogP contribution in [-0.2, 0) is 17.6 Å². The van der Waals surface area contributed by atoms with E-state index in [1.807, 2.05) is 6.92 Å². The molecule has 0 spiro atoms. The Hall–Kier alpha value is -0.640. The molecule has 120 valence electrons. The summed E-state index contributed by atoms with van der Waals surface area (Å²) in [5.74, 6) is 1.25. The van der Waals surface area contributed by atoms with Crippen molar-refractivity contribution in [3.05, 3.63) is 15.1 Å². The van der Waals surface area contributed by atoms with Gasteiger partial charge in [0.25, 0.3) is 0 Å². The Morgan fingerprint density at radius 3 is 2.48 bits per heavy atom. The summed E-state index contributed by atoms with van der Waals surface area (Å²) in [6.45, 7) is 3.46. The SMILES string of the molecule is CCCc1nc(CCOCC(F)(F)F)nc(NCC)c1I. The van der Waals surface area contributed by atoms with Crippen LogP contribution in [0, 0.1) is 3.57 Å². The molecular weight excluding hydrogens is 398 g/mol. The lowest BCUT2D eigenvalue weighted by Gasteiger charge is -2.12. The first-order valence-electron chi connectivity index (χ1n) is 6.81. The fourth-order valence-corrected chi connectivity index (χ4v) is 2.40. The van der Waals surface area contributed by atoms with Crippen LogP contribution in [0.3, 0.4) is 0 Å². The number of rotatable bonds is 8. The van der Waals surface area contributed by atoms with E-state index >= 15 is 0 Å². The molecule has 1 rings (SSSR count). The predicted molar refractivity (Wildman–Crippen MR) is 83.5 cm³/mol. The highest BCUT2D eigenvalue weighted by Crippen LogP contribution is 2.21. The van der Waals surface area contributed by atoms with Gasteiger partial charge in [-0.3, -0.25) is 0 Å². The van der Waals surface area contributed by atoms with Crippen LogP contribution in [0.4, 0.5) is 19.0 Å². The Balaban J connectivity index is 2.72. The number of hydrogen-bond donors (Lipinski definition) is 1. The molecule has 1 heterocycles. The molecule has 8 heteroatoms. The summed E-state index contributed by atoms with van der Waals surface area (Å²) >= 11 is 2.19. The second-order valence-electron chi connectivity index (χ2n) is 4.45. The Morgan fingerprint density at radius 2 is 1.90 bits per heavy atom. The molecule has 0 aliphatic rings. The minimum absolute atomic E-state index is 0.0444. The molecule has 0 atom stereocenters. The van der Waals surface area contributed by atoms with Crippen molar-refractivity contribution in [1.82, 2.24) is 9.97 Å². The summed E-state index contributed by atoms with van der Waals surface area (Å²) < 4.78 is 41.6. The first kappa shape index (κ1) is 18.4. The van der Waals surface area contributed by atoms with Gasteiger partial charge in [-0.05, 0) is 35.9 Å². The summed E-state index contributed by atoms with van der Waals surface area (Å²) in [5.41, 5.74) is 0.926. The fourth-order valence-electron chi connectivity index (χ4n) is 1.69. The van der Waals surface area contributed by atoms with Crippen LogP contribution >= 0.6 is 22.6 Å². The smallest absolute Gasteiger partial charge is 0.372 e. The van der Waals surface area contributed by atoms with Crippen LogP contribution in [0.1, 0.15) is 31.8 Å². The number of nitrogens with one attached hydrogen (secondary N) is 1. The van der Waals surface area contributed by atoms with Gasteiger partial charge >= 0.3 is 6.18 Å². The van der Waals surface area contributed by atoms with Crippen molar-refractivity contribution in [3.8, 4) is 0 Å². The number of nitrogens with zero attached hydrogens (tertiary/aromatic N) is 2. The number of halogens is 4. The molecule has 1 aromatic rings. The Labute approximate surface area is 136 Å². The van der Waals surface area contributed by atoms with E-state index in [4.69, 9.17) is 0 Å². The monoisotopic (exact) mass is 417 g/mol. The molecule has 4 nitrogen and oxygen atoms in total. The van der Waals surface area contributed by atoms with Gasteiger partial charge in [0, 0.05) is 13.0 Å². The van der Waals surface area contributed by atoms with Gasteiger partial charge in [0.05, 0.1) is 15.9 Å². The third kappa shape index (κ3) is 6.77. The zero-order chi connectivity index (χ0) is 15.9. The molecule has 0 unspecified atom stereocenters. The Bertz CT molecular complexity index is 428. The molecule has 0 aliphatic carbocycles. The van der Waals surface area contributed by atoms with Crippen molar-refractivity contribution in [1.29, 1.82) is 0 Å². The fraction of sp³-hybridized carbons (Fsp3) is 0.692.